The van der Waals surface area contributed by atoms with Crippen LogP contribution in [-0.4, -0.2) is 45.5 Å². The number of aryl methyl sites for hydroxylation is 1. The van der Waals surface area contributed by atoms with Gasteiger partial charge in [-0.25, -0.2) is 9.48 Å². The zero-order chi connectivity index (χ0) is 17.5. The second-order valence-electron chi connectivity index (χ2n) is 5.86. The van der Waals surface area contributed by atoms with E-state index in [9.17, 15) is 4.79 Å². The van der Waals surface area contributed by atoms with Gasteiger partial charge in [-0.1, -0.05) is 6.92 Å². The van der Waals surface area contributed by atoms with Gasteiger partial charge in [-0.3, -0.25) is 0 Å². The second-order valence-corrected chi connectivity index (χ2v) is 5.86. The van der Waals surface area contributed by atoms with E-state index >= 15 is 0 Å². The maximum absolute atomic E-state index is 12.1. The van der Waals surface area contributed by atoms with Crippen molar-refractivity contribution in [3.05, 3.63) is 35.7 Å². The first-order chi connectivity index (χ1) is 12.3. The summed E-state index contributed by atoms with van der Waals surface area (Å²) in [5.74, 6) is 0.822. The monoisotopic (exact) mass is 346 g/mol. The Bertz CT molecular complexity index is 680. The van der Waals surface area contributed by atoms with E-state index in [2.05, 4.69) is 15.5 Å². The Balaban J connectivity index is 1.49. The predicted octanol–water partition coefficient (Wildman–Crippen LogP) is 2.00. The molecule has 134 valence electrons. The fraction of sp³-hybridized carbons (Fsp3) is 0.529. The summed E-state index contributed by atoms with van der Waals surface area (Å²) >= 11 is 0. The fourth-order valence-electron chi connectivity index (χ4n) is 2.58. The number of benzene rings is 1. The van der Waals surface area contributed by atoms with Crippen LogP contribution in [0.25, 0.3) is 0 Å². The molecule has 2 heterocycles. The molecule has 1 saturated heterocycles. The molecule has 8 heteroatoms. The number of hydrogen-bond donors (Lipinski definition) is 0. The number of carbonyl (C=O) groups excluding carboxylic acids is 1. The minimum atomic E-state index is -0.420. The third kappa shape index (κ3) is 4.76. The lowest BCUT2D eigenvalue weighted by Gasteiger charge is -2.11. The van der Waals surface area contributed by atoms with Gasteiger partial charge in [0, 0.05) is 13.2 Å². The molecule has 1 aromatic carbocycles. The number of esters is 1. The summed E-state index contributed by atoms with van der Waals surface area (Å²) in [5.41, 5.74) is 0.457. The first-order valence-corrected chi connectivity index (χ1v) is 8.53. The van der Waals surface area contributed by atoms with Crippen molar-refractivity contribution < 1.29 is 19.0 Å². The van der Waals surface area contributed by atoms with Gasteiger partial charge in [0.1, 0.15) is 12.4 Å². The lowest BCUT2D eigenvalue weighted by atomic mass is 10.2. The van der Waals surface area contributed by atoms with Crippen LogP contribution in [0, 0.1) is 0 Å². The normalized spacial score (nSPS) is 16.8. The molecule has 0 radical (unpaired) electrons. The van der Waals surface area contributed by atoms with Crippen LogP contribution in [0.2, 0.25) is 0 Å². The molecule has 1 aromatic heterocycles. The van der Waals surface area contributed by atoms with Crippen molar-refractivity contribution in [1.29, 1.82) is 0 Å². The maximum atomic E-state index is 12.1. The summed E-state index contributed by atoms with van der Waals surface area (Å²) in [6.45, 7) is 4.10. The van der Waals surface area contributed by atoms with Crippen molar-refractivity contribution in [3.63, 3.8) is 0 Å². The van der Waals surface area contributed by atoms with Crippen LogP contribution < -0.4 is 4.74 Å². The van der Waals surface area contributed by atoms with Crippen molar-refractivity contribution in [2.45, 2.75) is 45.4 Å². The van der Waals surface area contributed by atoms with Crippen LogP contribution in [-0.2, 0) is 22.6 Å². The molecule has 3 rings (SSSR count). The Morgan fingerprint density at radius 3 is 2.92 bits per heavy atom. The fourth-order valence-corrected chi connectivity index (χ4v) is 2.58. The molecule has 0 spiro atoms. The highest BCUT2D eigenvalue weighted by molar-refractivity contribution is 5.89. The number of tetrazole rings is 1. The minimum Gasteiger partial charge on any atom is -0.491 e. The van der Waals surface area contributed by atoms with Crippen LogP contribution in [0.1, 0.15) is 42.4 Å². The SMILES string of the molecule is CCCn1nnnc1COC(=O)c1ccc(OCC2CCCO2)cc1. The molecule has 1 unspecified atom stereocenters. The van der Waals surface area contributed by atoms with Crippen LogP contribution in [0.3, 0.4) is 0 Å². The predicted molar refractivity (Wildman–Crippen MR) is 88.1 cm³/mol. The summed E-state index contributed by atoms with van der Waals surface area (Å²) in [5, 5.41) is 11.3. The van der Waals surface area contributed by atoms with Crippen LogP contribution in [0.5, 0.6) is 5.75 Å². The van der Waals surface area contributed by atoms with E-state index in [4.69, 9.17) is 14.2 Å². The van der Waals surface area contributed by atoms with E-state index in [1.165, 1.54) is 0 Å². The Kier molecular flexibility index (Phi) is 5.95. The summed E-state index contributed by atoms with van der Waals surface area (Å²) in [4.78, 5) is 12.1. The van der Waals surface area contributed by atoms with E-state index in [-0.39, 0.29) is 12.7 Å². The highest BCUT2D eigenvalue weighted by Crippen LogP contribution is 2.17. The lowest BCUT2D eigenvalue weighted by Crippen LogP contribution is -2.16. The van der Waals surface area contributed by atoms with Crippen LogP contribution >= 0.6 is 0 Å². The Hall–Kier alpha value is -2.48. The lowest BCUT2D eigenvalue weighted by molar-refractivity contribution is 0.0456. The molecule has 8 nitrogen and oxygen atoms in total. The summed E-state index contributed by atoms with van der Waals surface area (Å²) < 4.78 is 18.1. The van der Waals surface area contributed by atoms with E-state index < -0.39 is 5.97 Å². The van der Waals surface area contributed by atoms with Gasteiger partial charge < -0.3 is 14.2 Å². The number of hydrogen-bond acceptors (Lipinski definition) is 7. The van der Waals surface area contributed by atoms with Gasteiger partial charge in [0.25, 0.3) is 0 Å². The first kappa shape index (κ1) is 17.3. The van der Waals surface area contributed by atoms with Crippen LogP contribution in [0.15, 0.2) is 24.3 Å². The number of aromatic nitrogens is 4. The molecule has 1 aliphatic rings. The van der Waals surface area contributed by atoms with Gasteiger partial charge in [-0.15, -0.1) is 5.10 Å². The summed E-state index contributed by atoms with van der Waals surface area (Å²) in [6, 6.07) is 6.88. The summed E-state index contributed by atoms with van der Waals surface area (Å²) in [6.07, 6.45) is 3.18. The topological polar surface area (TPSA) is 88.4 Å². The van der Waals surface area contributed by atoms with Crippen molar-refractivity contribution in [3.8, 4) is 5.75 Å². The quantitative estimate of drug-likeness (QED) is 0.675. The van der Waals surface area contributed by atoms with Gasteiger partial charge in [0.15, 0.2) is 12.4 Å². The van der Waals surface area contributed by atoms with Gasteiger partial charge in [-0.2, -0.15) is 0 Å². The largest absolute Gasteiger partial charge is 0.491 e. The smallest absolute Gasteiger partial charge is 0.338 e. The van der Waals surface area contributed by atoms with Gasteiger partial charge in [0.05, 0.1) is 11.7 Å². The average molecular weight is 346 g/mol. The molecule has 0 amide bonds. The molecule has 1 fully saturated rings. The third-order valence-electron chi connectivity index (χ3n) is 3.92. The number of carbonyl (C=O) groups is 1. The molecular formula is C17H22N4O4. The van der Waals surface area contributed by atoms with Gasteiger partial charge in [0.2, 0.25) is 0 Å². The van der Waals surface area contributed by atoms with Crippen molar-refractivity contribution in [2.75, 3.05) is 13.2 Å². The molecule has 2 aromatic rings. The van der Waals surface area contributed by atoms with E-state index in [0.717, 1.165) is 25.9 Å². The zero-order valence-corrected chi connectivity index (χ0v) is 14.3. The molecule has 1 aliphatic heterocycles. The number of nitrogens with zero attached hydrogens (tertiary/aromatic N) is 4. The van der Waals surface area contributed by atoms with Crippen LogP contribution in [0.4, 0.5) is 0 Å². The highest BCUT2D eigenvalue weighted by atomic mass is 16.5. The Morgan fingerprint density at radius 1 is 1.36 bits per heavy atom. The second kappa shape index (κ2) is 8.57. The van der Waals surface area contributed by atoms with Crippen molar-refractivity contribution >= 4 is 5.97 Å². The molecule has 0 bridgehead atoms. The third-order valence-corrected chi connectivity index (χ3v) is 3.92. The molecule has 0 aliphatic carbocycles. The van der Waals surface area contributed by atoms with Crippen molar-refractivity contribution in [1.82, 2.24) is 20.2 Å². The first-order valence-electron chi connectivity index (χ1n) is 8.53. The van der Waals surface area contributed by atoms with Crippen molar-refractivity contribution in [2.24, 2.45) is 0 Å². The van der Waals surface area contributed by atoms with E-state index in [1.807, 2.05) is 6.92 Å². The average Bonchev–Trinajstić information content (AvgIpc) is 3.30. The molecule has 25 heavy (non-hydrogen) atoms. The van der Waals surface area contributed by atoms with Gasteiger partial charge in [-0.05, 0) is 54.0 Å². The Labute approximate surface area is 146 Å². The molecule has 1 atom stereocenters. The zero-order valence-electron chi connectivity index (χ0n) is 14.3. The standard InChI is InChI=1S/C17H22N4O4/c1-2-9-21-16(18-19-20-21)12-25-17(22)13-5-7-14(8-6-13)24-11-15-4-3-10-23-15/h5-8,15H,2-4,9-12H2,1H3. The minimum absolute atomic E-state index is 0.0447. The number of rotatable bonds is 8. The molecule has 0 saturated carbocycles. The highest BCUT2D eigenvalue weighted by Gasteiger charge is 2.16. The van der Waals surface area contributed by atoms with E-state index in [0.29, 0.717) is 30.3 Å². The Morgan fingerprint density at radius 2 is 2.20 bits per heavy atom. The van der Waals surface area contributed by atoms with E-state index in [1.54, 1.807) is 28.9 Å². The summed E-state index contributed by atoms with van der Waals surface area (Å²) in [7, 11) is 0. The maximum Gasteiger partial charge on any atom is 0.338 e. The molecular weight excluding hydrogens is 324 g/mol. The van der Waals surface area contributed by atoms with Gasteiger partial charge >= 0.3 is 5.97 Å². The number of ether oxygens (including phenoxy) is 3. The molecule has 0 N–H and O–H groups in total.